The van der Waals surface area contributed by atoms with Crippen LogP contribution in [0.5, 0.6) is 0 Å². The molecule has 0 spiro atoms. The van der Waals surface area contributed by atoms with Crippen molar-refractivity contribution in [2.24, 2.45) is 0 Å². The van der Waals surface area contributed by atoms with Crippen LogP contribution in [0.25, 0.3) is 0 Å². The fraction of sp³-hybridized carbons (Fsp3) is 0.214. The summed E-state index contributed by atoms with van der Waals surface area (Å²) in [6, 6.07) is 6.99. The van der Waals surface area contributed by atoms with Gasteiger partial charge in [0.15, 0.2) is 0 Å². The molecule has 0 bridgehead atoms. The molecular weight excluding hydrogens is 274 g/mol. The van der Waals surface area contributed by atoms with Crippen LogP contribution >= 0.6 is 0 Å². The number of pyridine rings is 1. The third-order valence-electron chi connectivity index (χ3n) is 3.17. The quantitative estimate of drug-likeness (QED) is 0.841. The molecule has 20 heavy (non-hydrogen) atoms. The SMILES string of the molecule is Cc1ccc(N)c(S(=O)(=O)NCc2cccnc2)c1C. The number of aryl methyl sites for hydroxylation is 1. The molecule has 0 atom stereocenters. The second kappa shape index (κ2) is 5.60. The first-order chi connectivity index (χ1) is 9.42. The van der Waals surface area contributed by atoms with Gasteiger partial charge in [-0.15, -0.1) is 0 Å². The maximum atomic E-state index is 12.4. The summed E-state index contributed by atoms with van der Waals surface area (Å²) in [6.07, 6.45) is 3.26. The lowest BCUT2D eigenvalue weighted by Crippen LogP contribution is -2.25. The number of anilines is 1. The zero-order valence-corrected chi connectivity index (χ0v) is 12.2. The van der Waals surface area contributed by atoms with Crippen molar-refractivity contribution >= 4 is 15.7 Å². The predicted octanol–water partition coefficient (Wildman–Crippen LogP) is 1.76. The summed E-state index contributed by atoms with van der Waals surface area (Å²) in [5, 5.41) is 0. The van der Waals surface area contributed by atoms with E-state index in [2.05, 4.69) is 9.71 Å². The highest BCUT2D eigenvalue weighted by Crippen LogP contribution is 2.25. The zero-order chi connectivity index (χ0) is 14.8. The number of hydrogen-bond donors (Lipinski definition) is 2. The fourth-order valence-electron chi connectivity index (χ4n) is 1.92. The van der Waals surface area contributed by atoms with Crippen LogP contribution < -0.4 is 10.5 Å². The molecule has 0 aliphatic carbocycles. The molecule has 3 N–H and O–H groups in total. The Balaban J connectivity index is 2.30. The van der Waals surface area contributed by atoms with Crippen molar-refractivity contribution in [3.8, 4) is 0 Å². The van der Waals surface area contributed by atoms with E-state index in [0.717, 1.165) is 11.1 Å². The lowest BCUT2D eigenvalue weighted by atomic mass is 10.1. The molecule has 0 aliphatic heterocycles. The molecule has 0 fully saturated rings. The fourth-order valence-corrected chi connectivity index (χ4v) is 3.36. The second-order valence-electron chi connectivity index (χ2n) is 4.61. The monoisotopic (exact) mass is 291 g/mol. The minimum atomic E-state index is -3.65. The van der Waals surface area contributed by atoms with E-state index in [1.54, 1.807) is 31.5 Å². The van der Waals surface area contributed by atoms with Gasteiger partial charge < -0.3 is 5.73 Å². The van der Waals surface area contributed by atoms with Crippen LogP contribution in [-0.4, -0.2) is 13.4 Å². The van der Waals surface area contributed by atoms with Gasteiger partial charge in [-0.2, -0.15) is 0 Å². The zero-order valence-electron chi connectivity index (χ0n) is 11.4. The van der Waals surface area contributed by atoms with Crippen molar-refractivity contribution in [1.29, 1.82) is 0 Å². The molecule has 0 saturated heterocycles. The van der Waals surface area contributed by atoms with Crippen LogP contribution in [-0.2, 0) is 16.6 Å². The summed E-state index contributed by atoms with van der Waals surface area (Å²) in [7, 11) is -3.65. The first kappa shape index (κ1) is 14.5. The lowest BCUT2D eigenvalue weighted by molar-refractivity contribution is 0.581. The Labute approximate surface area is 118 Å². The molecule has 1 aromatic carbocycles. The normalized spacial score (nSPS) is 11.5. The van der Waals surface area contributed by atoms with E-state index in [1.165, 1.54) is 0 Å². The van der Waals surface area contributed by atoms with E-state index < -0.39 is 10.0 Å². The molecule has 6 heteroatoms. The lowest BCUT2D eigenvalue weighted by Gasteiger charge is -2.13. The van der Waals surface area contributed by atoms with Gasteiger partial charge in [0.2, 0.25) is 10.0 Å². The number of benzene rings is 1. The summed E-state index contributed by atoms with van der Waals surface area (Å²) in [4.78, 5) is 4.10. The van der Waals surface area contributed by atoms with Crippen molar-refractivity contribution in [1.82, 2.24) is 9.71 Å². The van der Waals surface area contributed by atoms with Gasteiger partial charge in [-0.1, -0.05) is 12.1 Å². The van der Waals surface area contributed by atoms with E-state index in [1.807, 2.05) is 19.1 Å². The Morgan fingerprint density at radius 1 is 1.25 bits per heavy atom. The number of hydrogen-bond acceptors (Lipinski definition) is 4. The molecule has 0 amide bonds. The van der Waals surface area contributed by atoms with Gasteiger partial charge in [-0.05, 0) is 42.7 Å². The van der Waals surface area contributed by atoms with Gasteiger partial charge in [0.1, 0.15) is 4.90 Å². The Morgan fingerprint density at radius 2 is 2.00 bits per heavy atom. The van der Waals surface area contributed by atoms with Gasteiger partial charge in [-0.25, -0.2) is 13.1 Å². The minimum Gasteiger partial charge on any atom is -0.398 e. The number of nitrogens with one attached hydrogen (secondary N) is 1. The van der Waals surface area contributed by atoms with Gasteiger partial charge in [0.05, 0.1) is 5.69 Å². The van der Waals surface area contributed by atoms with Crippen LogP contribution in [0.1, 0.15) is 16.7 Å². The molecule has 1 heterocycles. The maximum Gasteiger partial charge on any atom is 0.243 e. The Bertz CT molecular complexity index is 713. The molecule has 1 aromatic heterocycles. The highest BCUT2D eigenvalue weighted by molar-refractivity contribution is 7.89. The highest BCUT2D eigenvalue weighted by atomic mass is 32.2. The topological polar surface area (TPSA) is 85.1 Å². The average molecular weight is 291 g/mol. The van der Waals surface area contributed by atoms with E-state index in [9.17, 15) is 8.42 Å². The van der Waals surface area contributed by atoms with E-state index in [4.69, 9.17) is 5.73 Å². The van der Waals surface area contributed by atoms with Crippen molar-refractivity contribution < 1.29 is 8.42 Å². The van der Waals surface area contributed by atoms with Crippen molar-refractivity contribution in [2.45, 2.75) is 25.3 Å². The van der Waals surface area contributed by atoms with Crippen LogP contribution in [0.2, 0.25) is 0 Å². The molecule has 106 valence electrons. The summed E-state index contributed by atoms with van der Waals surface area (Å²) < 4.78 is 27.3. The molecule has 0 radical (unpaired) electrons. The summed E-state index contributed by atoms with van der Waals surface area (Å²) in [5.74, 6) is 0. The van der Waals surface area contributed by atoms with Crippen molar-refractivity contribution in [3.05, 3.63) is 53.3 Å². The van der Waals surface area contributed by atoms with Gasteiger partial charge >= 0.3 is 0 Å². The number of aromatic nitrogens is 1. The largest absolute Gasteiger partial charge is 0.398 e. The molecule has 0 unspecified atom stereocenters. The van der Waals surface area contributed by atoms with E-state index in [0.29, 0.717) is 5.56 Å². The summed E-state index contributed by atoms with van der Waals surface area (Å²) in [6.45, 7) is 3.79. The van der Waals surface area contributed by atoms with Gasteiger partial charge in [-0.3, -0.25) is 4.98 Å². The van der Waals surface area contributed by atoms with Crippen LogP contribution in [0.3, 0.4) is 0 Å². The van der Waals surface area contributed by atoms with Crippen LogP contribution in [0.15, 0.2) is 41.6 Å². The molecule has 2 rings (SSSR count). The third kappa shape index (κ3) is 2.97. The molecule has 0 aliphatic rings. The van der Waals surface area contributed by atoms with Gasteiger partial charge in [0, 0.05) is 18.9 Å². The van der Waals surface area contributed by atoms with Gasteiger partial charge in [0.25, 0.3) is 0 Å². The first-order valence-electron chi connectivity index (χ1n) is 6.16. The number of nitrogen functional groups attached to an aromatic ring is 1. The summed E-state index contributed by atoms with van der Waals surface area (Å²) in [5.41, 5.74) is 8.42. The Kier molecular flexibility index (Phi) is 4.06. The number of sulfonamides is 1. The predicted molar refractivity (Wildman–Crippen MR) is 78.6 cm³/mol. The second-order valence-corrected chi connectivity index (χ2v) is 6.32. The molecule has 2 aromatic rings. The number of rotatable bonds is 4. The Hall–Kier alpha value is -1.92. The molecular formula is C14H17N3O2S. The van der Waals surface area contributed by atoms with E-state index >= 15 is 0 Å². The first-order valence-corrected chi connectivity index (χ1v) is 7.64. The van der Waals surface area contributed by atoms with Crippen molar-refractivity contribution in [3.63, 3.8) is 0 Å². The number of nitrogens with two attached hydrogens (primary N) is 1. The number of nitrogens with zero attached hydrogens (tertiary/aromatic N) is 1. The molecule has 0 saturated carbocycles. The average Bonchev–Trinajstić information content (AvgIpc) is 2.42. The van der Waals surface area contributed by atoms with Crippen LogP contribution in [0.4, 0.5) is 5.69 Å². The Morgan fingerprint density at radius 3 is 2.65 bits per heavy atom. The minimum absolute atomic E-state index is 0.154. The van der Waals surface area contributed by atoms with E-state index in [-0.39, 0.29) is 17.1 Å². The maximum absolute atomic E-state index is 12.4. The standard InChI is InChI=1S/C14H17N3O2S/c1-10-5-6-13(15)14(11(10)2)20(18,19)17-9-12-4-3-7-16-8-12/h3-8,17H,9,15H2,1-2H3. The summed E-state index contributed by atoms with van der Waals surface area (Å²) >= 11 is 0. The molecule has 5 nitrogen and oxygen atoms in total. The van der Waals surface area contributed by atoms with Crippen molar-refractivity contribution in [2.75, 3.05) is 5.73 Å². The highest BCUT2D eigenvalue weighted by Gasteiger charge is 2.20. The third-order valence-corrected chi connectivity index (χ3v) is 4.77. The smallest absolute Gasteiger partial charge is 0.243 e. The van der Waals surface area contributed by atoms with Crippen LogP contribution in [0, 0.1) is 13.8 Å².